The average Bonchev–Trinajstić information content (AvgIpc) is 3.43. The third-order valence-corrected chi connectivity index (χ3v) is 5.49. The second-order valence-corrected chi connectivity index (χ2v) is 7.92. The van der Waals surface area contributed by atoms with Crippen molar-refractivity contribution < 1.29 is 14.6 Å². The summed E-state index contributed by atoms with van der Waals surface area (Å²) >= 11 is 0. The second kappa shape index (κ2) is 8.76. The van der Waals surface area contributed by atoms with Crippen molar-refractivity contribution >= 4 is 5.97 Å². The van der Waals surface area contributed by atoms with E-state index in [0.717, 1.165) is 28.9 Å². The Kier molecular flexibility index (Phi) is 5.87. The van der Waals surface area contributed by atoms with Gasteiger partial charge in [0.1, 0.15) is 11.3 Å². The van der Waals surface area contributed by atoms with E-state index in [4.69, 9.17) is 16.3 Å². The lowest BCUT2D eigenvalue weighted by molar-refractivity contribution is 0.0525. The SMILES string of the molecule is CCOC(=O)c1cnn(-c2cccc(-c3cccc(O)c3)c2)c1C1CC1/C(N)=C/N(C)N. The van der Waals surface area contributed by atoms with Gasteiger partial charge in [0.2, 0.25) is 0 Å². The van der Waals surface area contributed by atoms with Gasteiger partial charge in [-0.1, -0.05) is 24.3 Å². The number of nitrogens with zero attached hydrogens (tertiary/aromatic N) is 3. The molecule has 1 aromatic heterocycles. The summed E-state index contributed by atoms with van der Waals surface area (Å²) in [7, 11) is 1.71. The summed E-state index contributed by atoms with van der Waals surface area (Å²) in [5, 5.41) is 15.8. The van der Waals surface area contributed by atoms with E-state index >= 15 is 0 Å². The highest BCUT2D eigenvalue weighted by Crippen LogP contribution is 2.52. The van der Waals surface area contributed by atoms with Crippen LogP contribution in [0.15, 0.2) is 66.6 Å². The predicted octanol–water partition coefficient (Wildman–Crippen LogP) is 3.13. The second-order valence-electron chi connectivity index (χ2n) is 7.92. The summed E-state index contributed by atoms with van der Waals surface area (Å²) < 4.78 is 7.05. The van der Waals surface area contributed by atoms with E-state index in [0.29, 0.717) is 11.3 Å². The zero-order valence-corrected chi connectivity index (χ0v) is 18.1. The van der Waals surface area contributed by atoms with Crippen molar-refractivity contribution in [2.24, 2.45) is 17.5 Å². The van der Waals surface area contributed by atoms with Crippen LogP contribution in [0.2, 0.25) is 0 Å². The Morgan fingerprint density at radius 3 is 2.69 bits per heavy atom. The summed E-state index contributed by atoms with van der Waals surface area (Å²) in [6, 6.07) is 14.9. The number of nitrogens with two attached hydrogens (primary N) is 2. The molecular formula is C24H27N5O3. The van der Waals surface area contributed by atoms with Crippen LogP contribution in [0.4, 0.5) is 0 Å². The number of hydrazine groups is 1. The molecule has 1 aliphatic rings. The van der Waals surface area contributed by atoms with Crippen molar-refractivity contribution in [2.75, 3.05) is 13.7 Å². The van der Waals surface area contributed by atoms with Crippen molar-refractivity contribution in [1.82, 2.24) is 14.8 Å². The minimum atomic E-state index is -0.401. The Labute approximate surface area is 186 Å². The summed E-state index contributed by atoms with van der Waals surface area (Å²) in [6.45, 7) is 2.06. The van der Waals surface area contributed by atoms with Crippen molar-refractivity contribution in [3.8, 4) is 22.6 Å². The number of phenolic OH excluding ortho intramolecular Hbond substituents is 1. The third-order valence-electron chi connectivity index (χ3n) is 5.49. The van der Waals surface area contributed by atoms with E-state index < -0.39 is 5.97 Å². The van der Waals surface area contributed by atoms with Crippen LogP contribution >= 0.6 is 0 Å². The van der Waals surface area contributed by atoms with E-state index in [1.807, 2.05) is 30.3 Å². The molecule has 8 nitrogen and oxygen atoms in total. The number of allylic oxidation sites excluding steroid dienone is 1. The molecule has 5 N–H and O–H groups in total. The minimum absolute atomic E-state index is 0.0255. The van der Waals surface area contributed by atoms with E-state index in [9.17, 15) is 9.90 Å². The Morgan fingerprint density at radius 2 is 2.00 bits per heavy atom. The van der Waals surface area contributed by atoms with Gasteiger partial charge in [0.05, 0.1) is 24.2 Å². The summed E-state index contributed by atoms with van der Waals surface area (Å²) in [5.41, 5.74) is 10.7. The van der Waals surface area contributed by atoms with Gasteiger partial charge in [0, 0.05) is 30.8 Å². The number of hydrogen-bond acceptors (Lipinski definition) is 7. The first-order valence-electron chi connectivity index (χ1n) is 10.5. The van der Waals surface area contributed by atoms with Gasteiger partial charge in [-0.05, 0) is 48.7 Å². The molecule has 32 heavy (non-hydrogen) atoms. The van der Waals surface area contributed by atoms with Crippen molar-refractivity contribution in [3.05, 3.63) is 77.9 Å². The molecule has 0 bridgehead atoms. The number of benzene rings is 2. The molecule has 1 saturated carbocycles. The lowest BCUT2D eigenvalue weighted by atomic mass is 10.0. The molecule has 2 atom stereocenters. The number of hydrogen-bond donors (Lipinski definition) is 3. The highest BCUT2D eigenvalue weighted by molar-refractivity contribution is 5.91. The van der Waals surface area contributed by atoms with Crippen molar-refractivity contribution in [1.29, 1.82) is 0 Å². The summed E-state index contributed by atoms with van der Waals surface area (Å²) in [4.78, 5) is 12.6. The molecule has 1 fully saturated rings. The van der Waals surface area contributed by atoms with Crippen LogP contribution in [-0.4, -0.2) is 39.5 Å². The highest BCUT2D eigenvalue weighted by Gasteiger charge is 2.45. The molecule has 0 saturated heterocycles. The van der Waals surface area contributed by atoms with Crippen LogP contribution in [0.3, 0.4) is 0 Å². The Balaban J connectivity index is 1.76. The van der Waals surface area contributed by atoms with Crippen molar-refractivity contribution in [3.63, 3.8) is 0 Å². The molecule has 3 aromatic rings. The van der Waals surface area contributed by atoms with Crippen LogP contribution in [0.25, 0.3) is 16.8 Å². The summed E-state index contributed by atoms with van der Waals surface area (Å²) in [6.07, 6.45) is 4.04. The van der Waals surface area contributed by atoms with Gasteiger partial charge in [-0.25, -0.2) is 15.3 Å². The lowest BCUT2D eigenvalue weighted by Gasteiger charge is -2.12. The number of rotatable bonds is 7. The van der Waals surface area contributed by atoms with E-state index in [1.165, 1.54) is 5.01 Å². The number of carbonyl (C=O) groups is 1. The molecule has 2 unspecified atom stereocenters. The molecule has 0 aliphatic heterocycles. The standard InChI is InChI=1S/C24H27N5O3/c1-3-32-24(31)21-13-27-29(23(21)20-12-19(20)22(25)14-28(2)26)17-8-4-6-15(10-17)16-7-5-9-18(30)11-16/h4-11,13-14,19-20,30H,3,12,25-26H2,1-2H3/b22-14-. The van der Waals surface area contributed by atoms with E-state index in [-0.39, 0.29) is 24.2 Å². The highest BCUT2D eigenvalue weighted by atomic mass is 16.5. The van der Waals surface area contributed by atoms with Gasteiger partial charge in [0.25, 0.3) is 0 Å². The maximum atomic E-state index is 12.6. The molecule has 4 rings (SSSR count). The molecule has 0 radical (unpaired) electrons. The largest absolute Gasteiger partial charge is 0.508 e. The fourth-order valence-electron chi connectivity index (χ4n) is 3.99. The molecule has 0 amide bonds. The molecular weight excluding hydrogens is 406 g/mol. The van der Waals surface area contributed by atoms with Gasteiger partial charge in [-0.15, -0.1) is 0 Å². The Bertz CT molecular complexity index is 1170. The molecule has 1 heterocycles. The lowest BCUT2D eigenvalue weighted by Crippen LogP contribution is -2.21. The molecule has 8 heteroatoms. The minimum Gasteiger partial charge on any atom is -0.508 e. The number of aromatic hydroxyl groups is 1. The zero-order valence-electron chi connectivity index (χ0n) is 18.1. The average molecular weight is 434 g/mol. The van der Waals surface area contributed by atoms with Gasteiger partial charge in [-0.3, -0.25) is 0 Å². The molecule has 1 aliphatic carbocycles. The maximum Gasteiger partial charge on any atom is 0.341 e. The van der Waals surface area contributed by atoms with Crippen LogP contribution in [0, 0.1) is 5.92 Å². The number of carbonyl (C=O) groups excluding carboxylic acids is 1. The monoisotopic (exact) mass is 433 g/mol. The van der Waals surface area contributed by atoms with Crippen LogP contribution in [0.1, 0.15) is 35.3 Å². The quantitative estimate of drug-likeness (QED) is 0.297. The fourth-order valence-corrected chi connectivity index (χ4v) is 3.99. The van der Waals surface area contributed by atoms with Gasteiger partial charge >= 0.3 is 5.97 Å². The fraction of sp³-hybridized carbons (Fsp3) is 0.250. The van der Waals surface area contributed by atoms with Crippen LogP contribution in [0.5, 0.6) is 5.75 Å². The first-order chi connectivity index (χ1) is 15.4. The van der Waals surface area contributed by atoms with Gasteiger partial charge in [0.15, 0.2) is 0 Å². The number of aromatic nitrogens is 2. The smallest absolute Gasteiger partial charge is 0.341 e. The van der Waals surface area contributed by atoms with Gasteiger partial charge < -0.3 is 20.6 Å². The Hall–Kier alpha value is -3.78. The Morgan fingerprint density at radius 1 is 1.28 bits per heavy atom. The maximum absolute atomic E-state index is 12.6. The van der Waals surface area contributed by atoms with Gasteiger partial charge in [-0.2, -0.15) is 5.10 Å². The molecule has 166 valence electrons. The first-order valence-corrected chi connectivity index (χ1v) is 10.5. The molecule has 2 aromatic carbocycles. The van der Waals surface area contributed by atoms with Crippen LogP contribution < -0.4 is 11.6 Å². The number of ether oxygens (including phenoxy) is 1. The van der Waals surface area contributed by atoms with Crippen molar-refractivity contribution in [2.45, 2.75) is 19.3 Å². The summed E-state index contributed by atoms with van der Waals surface area (Å²) in [5.74, 6) is 5.60. The predicted molar refractivity (Wildman–Crippen MR) is 122 cm³/mol. The van der Waals surface area contributed by atoms with E-state index in [1.54, 1.807) is 49.2 Å². The van der Waals surface area contributed by atoms with E-state index in [2.05, 4.69) is 5.10 Å². The normalized spacial score (nSPS) is 17.8. The number of esters is 1. The van der Waals surface area contributed by atoms with Crippen LogP contribution in [-0.2, 0) is 4.74 Å². The third kappa shape index (κ3) is 4.31. The topological polar surface area (TPSA) is 120 Å². The zero-order chi connectivity index (χ0) is 22.8. The molecule has 0 spiro atoms. The number of phenols is 1. The first kappa shape index (κ1) is 21.5.